The first-order valence-corrected chi connectivity index (χ1v) is 8.74. The Kier molecular flexibility index (Phi) is 4.50. The molecular formula is C20H16F2N6O. The van der Waals surface area contributed by atoms with Crippen LogP contribution in [0.15, 0.2) is 55.1 Å². The molecule has 0 radical (unpaired) electrons. The first-order chi connectivity index (χ1) is 13.8. The number of anilines is 1. The van der Waals surface area contributed by atoms with E-state index in [9.17, 15) is 13.6 Å². The van der Waals surface area contributed by atoms with E-state index in [1.165, 1.54) is 6.92 Å². The van der Waals surface area contributed by atoms with Crippen molar-refractivity contribution in [3.8, 4) is 17.1 Å². The molecule has 4 aromatic heterocycles. The van der Waals surface area contributed by atoms with Crippen molar-refractivity contribution in [3.05, 3.63) is 60.9 Å². The van der Waals surface area contributed by atoms with Gasteiger partial charge in [0.15, 0.2) is 0 Å². The number of carbonyl (C=O) groups excluding carboxylic acids is 1. The molecule has 0 aliphatic rings. The third-order valence-electron chi connectivity index (χ3n) is 4.19. The quantitative estimate of drug-likeness (QED) is 0.567. The summed E-state index contributed by atoms with van der Waals surface area (Å²) in [6.45, 7) is 2.14. The van der Waals surface area contributed by atoms with Gasteiger partial charge in [-0.2, -0.15) is 8.78 Å². The minimum Gasteiger partial charge on any atom is -0.311 e. The largest absolute Gasteiger partial charge is 0.311 e. The fourth-order valence-electron chi connectivity index (χ4n) is 2.89. The number of carbonyl (C=O) groups is 1. The Balaban J connectivity index is 1.91. The van der Waals surface area contributed by atoms with Crippen LogP contribution in [0.5, 0.6) is 0 Å². The summed E-state index contributed by atoms with van der Waals surface area (Å²) in [6.07, 6.45) is 6.44. The van der Waals surface area contributed by atoms with Crippen LogP contribution in [0.2, 0.25) is 0 Å². The van der Waals surface area contributed by atoms with Crippen molar-refractivity contribution in [2.45, 2.75) is 19.8 Å². The van der Waals surface area contributed by atoms with E-state index in [1.54, 1.807) is 59.7 Å². The molecule has 9 heteroatoms. The monoisotopic (exact) mass is 394 g/mol. The zero-order valence-electron chi connectivity index (χ0n) is 15.6. The minimum absolute atomic E-state index is 0.260. The van der Waals surface area contributed by atoms with Gasteiger partial charge in [0.05, 0.1) is 11.2 Å². The maximum atomic E-state index is 14.1. The van der Waals surface area contributed by atoms with Crippen LogP contribution < -0.4 is 5.32 Å². The molecule has 1 N–H and O–H groups in total. The molecule has 7 nitrogen and oxygen atoms in total. The molecule has 0 unspecified atom stereocenters. The highest BCUT2D eigenvalue weighted by molar-refractivity contribution is 5.91. The SMILES string of the molecule is CC(=O)Nc1cc2c(ccn2-c2cc(-c3cccnc3)nc(C(C)(F)F)n2)cn1. The van der Waals surface area contributed by atoms with E-state index in [0.717, 1.165) is 12.3 Å². The summed E-state index contributed by atoms with van der Waals surface area (Å²) in [6, 6.07) is 8.51. The fourth-order valence-corrected chi connectivity index (χ4v) is 2.89. The van der Waals surface area contributed by atoms with Crippen LogP contribution in [-0.2, 0) is 10.7 Å². The molecular weight excluding hydrogens is 378 g/mol. The highest BCUT2D eigenvalue weighted by Crippen LogP contribution is 2.29. The number of nitrogens with zero attached hydrogens (tertiary/aromatic N) is 5. The Labute approximate surface area is 164 Å². The van der Waals surface area contributed by atoms with Crippen molar-refractivity contribution in [1.29, 1.82) is 0 Å². The molecule has 0 spiro atoms. The summed E-state index contributed by atoms with van der Waals surface area (Å²) in [5.74, 6) is -3.45. The van der Waals surface area contributed by atoms with Gasteiger partial charge < -0.3 is 9.88 Å². The molecule has 4 aromatic rings. The third kappa shape index (κ3) is 3.79. The van der Waals surface area contributed by atoms with E-state index >= 15 is 0 Å². The van der Waals surface area contributed by atoms with Crippen molar-refractivity contribution in [2.24, 2.45) is 0 Å². The average Bonchev–Trinajstić information content (AvgIpc) is 3.10. The smallest absolute Gasteiger partial charge is 0.303 e. The molecule has 4 heterocycles. The van der Waals surface area contributed by atoms with Crippen molar-refractivity contribution >= 4 is 22.6 Å². The molecule has 0 saturated heterocycles. The number of aromatic nitrogens is 5. The first kappa shape index (κ1) is 18.6. The molecule has 0 bridgehead atoms. The van der Waals surface area contributed by atoms with E-state index in [2.05, 4.69) is 25.3 Å². The van der Waals surface area contributed by atoms with E-state index < -0.39 is 11.7 Å². The van der Waals surface area contributed by atoms with Crippen molar-refractivity contribution in [1.82, 2.24) is 24.5 Å². The number of alkyl halides is 2. The Hall–Kier alpha value is -3.75. The second-order valence-corrected chi connectivity index (χ2v) is 6.56. The van der Waals surface area contributed by atoms with E-state index in [0.29, 0.717) is 22.6 Å². The maximum absolute atomic E-state index is 14.1. The van der Waals surface area contributed by atoms with Gasteiger partial charge in [-0.05, 0) is 18.2 Å². The van der Waals surface area contributed by atoms with Crippen molar-refractivity contribution in [2.75, 3.05) is 5.32 Å². The van der Waals surface area contributed by atoms with Crippen LogP contribution in [0.3, 0.4) is 0 Å². The summed E-state index contributed by atoms with van der Waals surface area (Å²) >= 11 is 0. The molecule has 29 heavy (non-hydrogen) atoms. The molecule has 0 aliphatic carbocycles. The van der Waals surface area contributed by atoms with Crippen LogP contribution in [-0.4, -0.2) is 30.4 Å². The first-order valence-electron chi connectivity index (χ1n) is 8.74. The summed E-state index contributed by atoms with van der Waals surface area (Å²) in [5.41, 5.74) is 1.58. The second-order valence-electron chi connectivity index (χ2n) is 6.56. The molecule has 0 aliphatic heterocycles. The lowest BCUT2D eigenvalue weighted by molar-refractivity contribution is -0.114. The lowest BCUT2D eigenvalue weighted by Crippen LogP contribution is -2.15. The summed E-state index contributed by atoms with van der Waals surface area (Å²) in [7, 11) is 0. The molecule has 0 saturated carbocycles. The lowest BCUT2D eigenvalue weighted by atomic mass is 10.2. The Morgan fingerprint density at radius 1 is 1.17 bits per heavy atom. The Morgan fingerprint density at radius 2 is 2.00 bits per heavy atom. The predicted octanol–water partition coefficient (Wildman–Crippen LogP) is 3.95. The van der Waals surface area contributed by atoms with Gasteiger partial charge in [0.25, 0.3) is 0 Å². The van der Waals surface area contributed by atoms with Crippen LogP contribution in [0.1, 0.15) is 19.7 Å². The van der Waals surface area contributed by atoms with Gasteiger partial charge in [-0.15, -0.1) is 0 Å². The number of nitrogens with one attached hydrogen (secondary N) is 1. The average molecular weight is 394 g/mol. The Bertz CT molecular complexity index is 1200. The number of hydrogen-bond donors (Lipinski definition) is 1. The van der Waals surface area contributed by atoms with Crippen LogP contribution in [0.4, 0.5) is 14.6 Å². The van der Waals surface area contributed by atoms with E-state index in [4.69, 9.17) is 0 Å². The number of fused-ring (bicyclic) bond motifs is 1. The van der Waals surface area contributed by atoms with Crippen molar-refractivity contribution < 1.29 is 13.6 Å². The highest BCUT2D eigenvalue weighted by atomic mass is 19.3. The van der Waals surface area contributed by atoms with Crippen LogP contribution in [0, 0.1) is 0 Å². The normalized spacial score (nSPS) is 11.6. The minimum atomic E-state index is -3.22. The summed E-state index contributed by atoms with van der Waals surface area (Å²) in [4.78, 5) is 27.7. The van der Waals surface area contributed by atoms with Gasteiger partial charge in [0, 0.05) is 61.7 Å². The van der Waals surface area contributed by atoms with Gasteiger partial charge in [0.2, 0.25) is 11.7 Å². The highest BCUT2D eigenvalue weighted by Gasteiger charge is 2.29. The topological polar surface area (TPSA) is 85.6 Å². The van der Waals surface area contributed by atoms with Gasteiger partial charge in [-0.1, -0.05) is 0 Å². The lowest BCUT2D eigenvalue weighted by Gasteiger charge is -2.14. The summed E-state index contributed by atoms with van der Waals surface area (Å²) in [5, 5.41) is 3.38. The molecule has 0 aromatic carbocycles. The number of halogens is 2. The maximum Gasteiger partial charge on any atom is 0.303 e. The molecule has 4 rings (SSSR count). The second kappa shape index (κ2) is 7.01. The molecule has 0 fully saturated rings. The zero-order valence-corrected chi connectivity index (χ0v) is 15.6. The fraction of sp³-hybridized carbons (Fsp3) is 0.150. The van der Waals surface area contributed by atoms with Gasteiger partial charge in [-0.3, -0.25) is 9.78 Å². The standard InChI is InChI=1S/C20H16F2N6O/c1-12(29)25-17-9-16-14(11-24-17)5-7-28(16)18-8-15(13-4-3-6-23-10-13)26-19(27-18)20(2,21)22/h3-11H,1-2H3,(H,24,25,29). The zero-order chi connectivity index (χ0) is 20.6. The van der Waals surface area contributed by atoms with Crippen LogP contribution >= 0.6 is 0 Å². The molecule has 146 valence electrons. The van der Waals surface area contributed by atoms with E-state index in [-0.39, 0.29) is 11.7 Å². The number of amides is 1. The van der Waals surface area contributed by atoms with Gasteiger partial charge in [-0.25, -0.2) is 15.0 Å². The predicted molar refractivity (Wildman–Crippen MR) is 104 cm³/mol. The molecule has 1 amide bonds. The number of pyridine rings is 2. The van der Waals surface area contributed by atoms with Crippen molar-refractivity contribution in [3.63, 3.8) is 0 Å². The number of hydrogen-bond acceptors (Lipinski definition) is 5. The van der Waals surface area contributed by atoms with Gasteiger partial charge >= 0.3 is 5.92 Å². The Morgan fingerprint density at radius 3 is 2.69 bits per heavy atom. The summed E-state index contributed by atoms with van der Waals surface area (Å²) < 4.78 is 29.8. The number of rotatable bonds is 4. The molecule has 0 atom stereocenters. The van der Waals surface area contributed by atoms with E-state index in [1.807, 2.05) is 0 Å². The van der Waals surface area contributed by atoms with Gasteiger partial charge in [0.1, 0.15) is 11.6 Å². The van der Waals surface area contributed by atoms with Crippen LogP contribution in [0.25, 0.3) is 28.0 Å². The third-order valence-corrected chi connectivity index (χ3v) is 4.19.